The van der Waals surface area contributed by atoms with Gasteiger partial charge in [0.1, 0.15) is 5.82 Å². The molecule has 0 saturated carbocycles. The molecule has 0 unspecified atom stereocenters. The maximum absolute atomic E-state index is 12.3. The zero-order chi connectivity index (χ0) is 15.9. The van der Waals surface area contributed by atoms with Crippen LogP contribution in [0.5, 0.6) is 0 Å². The van der Waals surface area contributed by atoms with E-state index in [9.17, 15) is 13.2 Å². The van der Waals surface area contributed by atoms with Crippen molar-refractivity contribution in [1.29, 1.82) is 0 Å². The lowest BCUT2D eigenvalue weighted by atomic mass is 10.3. The smallest absolute Gasteiger partial charge is 0.408 e. The van der Waals surface area contributed by atoms with Gasteiger partial charge in [-0.2, -0.15) is 0 Å². The topological polar surface area (TPSA) is 94.2 Å². The quantitative estimate of drug-likeness (QED) is 0.746. The molecule has 1 aromatic carbocycles. The van der Waals surface area contributed by atoms with Crippen LogP contribution in [-0.2, 0) is 17.1 Å². The fourth-order valence-corrected chi connectivity index (χ4v) is 3.17. The number of hydrogen-bond acceptors (Lipinski definition) is 5. The van der Waals surface area contributed by atoms with E-state index in [4.69, 9.17) is 4.42 Å². The van der Waals surface area contributed by atoms with Gasteiger partial charge in [0.15, 0.2) is 5.58 Å². The van der Waals surface area contributed by atoms with Crippen LogP contribution in [0.2, 0.25) is 0 Å². The summed E-state index contributed by atoms with van der Waals surface area (Å²) in [7, 11) is -2.27. The summed E-state index contributed by atoms with van der Waals surface area (Å²) >= 11 is 3.22. The monoisotopic (exact) mass is 383 g/mol. The van der Waals surface area contributed by atoms with Crippen LogP contribution in [0.3, 0.4) is 0 Å². The second-order valence-electron chi connectivity index (χ2n) is 4.52. The molecular weight excluding hydrogens is 374 g/mol. The maximum Gasteiger partial charge on any atom is 0.419 e. The molecule has 0 radical (unpaired) electrons. The van der Waals surface area contributed by atoms with Crippen LogP contribution < -0.4 is 10.5 Å². The van der Waals surface area contributed by atoms with Gasteiger partial charge < -0.3 is 4.42 Å². The summed E-state index contributed by atoms with van der Waals surface area (Å²) in [5, 5.41) is 0. The number of pyridine rings is 1. The number of nitrogens with one attached hydrogen (secondary N) is 1. The van der Waals surface area contributed by atoms with Crippen molar-refractivity contribution >= 4 is 42.9 Å². The number of nitrogens with zero attached hydrogens (tertiary/aromatic N) is 2. The van der Waals surface area contributed by atoms with E-state index >= 15 is 0 Å². The second kappa shape index (κ2) is 5.25. The third kappa shape index (κ3) is 2.64. The largest absolute Gasteiger partial charge is 0.419 e. The van der Waals surface area contributed by atoms with Gasteiger partial charge >= 0.3 is 5.76 Å². The molecule has 0 spiro atoms. The molecule has 1 N–H and O–H groups in total. The molecule has 0 saturated heterocycles. The van der Waals surface area contributed by atoms with Crippen molar-refractivity contribution in [3.8, 4) is 0 Å². The zero-order valence-electron chi connectivity index (χ0n) is 11.3. The highest BCUT2D eigenvalue weighted by molar-refractivity contribution is 9.10. The number of fused-ring (bicyclic) bond motifs is 1. The van der Waals surface area contributed by atoms with Crippen LogP contribution in [0.4, 0.5) is 5.82 Å². The van der Waals surface area contributed by atoms with Crippen LogP contribution in [0.25, 0.3) is 11.1 Å². The number of aryl methyl sites for hydroxylation is 1. The molecule has 0 aliphatic carbocycles. The van der Waals surface area contributed by atoms with E-state index < -0.39 is 15.8 Å². The molecule has 2 aromatic heterocycles. The normalized spacial score (nSPS) is 11.7. The van der Waals surface area contributed by atoms with Crippen LogP contribution >= 0.6 is 15.9 Å². The number of sulfonamides is 1. The summed E-state index contributed by atoms with van der Waals surface area (Å²) in [5.74, 6) is -0.357. The van der Waals surface area contributed by atoms with Gasteiger partial charge in [0.05, 0.1) is 10.4 Å². The Kier molecular flexibility index (Phi) is 3.53. The van der Waals surface area contributed by atoms with Crippen LogP contribution in [0, 0.1) is 0 Å². The second-order valence-corrected chi connectivity index (χ2v) is 7.12. The summed E-state index contributed by atoms with van der Waals surface area (Å²) in [6.07, 6.45) is 1.48. The Balaban J connectivity index is 2.01. The predicted octanol–water partition coefficient (Wildman–Crippen LogP) is 2.09. The van der Waals surface area contributed by atoms with Crippen molar-refractivity contribution in [1.82, 2.24) is 9.55 Å². The molecule has 0 aliphatic heterocycles. The predicted molar refractivity (Wildman–Crippen MR) is 84.2 cm³/mol. The van der Waals surface area contributed by atoms with E-state index in [-0.39, 0.29) is 16.3 Å². The fraction of sp³-hybridized carbons (Fsp3) is 0.0769. The average molecular weight is 384 g/mol. The lowest BCUT2D eigenvalue weighted by molar-refractivity contribution is 0.527. The number of benzene rings is 1. The van der Waals surface area contributed by atoms with Crippen molar-refractivity contribution in [2.24, 2.45) is 7.05 Å². The number of halogens is 1. The Hall–Kier alpha value is -2.13. The minimum Gasteiger partial charge on any atom is -0.408 e. The average Bonchev–Trinajstić information content (AvgIpc) is 2.76. The maximum atomic E-state index is 12.3. The van der Waals surface area contributed by atoms with Gasteiger partial charge in [-0.3, -0.25) is 9.29 Å². The van der Waals surface area contributed by atoms with Gasteiger partial charge in [-0.15, -0.1) is 0 Å². The van der Waals surface area contributed by atoms with Crippen molar-refractivity contribution in [2.45, 2.75) is 4.90 Å². The third-order valence-corrected chi connectivity index (χ3v) is 4.86. The molecule has 114 valence electrons. The summed E-state index contributed by atoms with van der Waals surface area (Å²) in [6, 6.07) is 7.42. The standard InChI is InChI=1S/C13H10BrN3O4S/c1-17-10-4-3-9(6-11(10)21-13(17)18)22(19,20)16-12-5-2-8(14)7-15-12/h2-7H,1H3,(H,15,16). The highest BCUT2D eigenvalue weighted by Gasteiger charge is 2.17. The molecule has 22 heavy (non-hydrogen) atoms. The number of rotatable bonds is 3. The molecule has 0 fully saturated rings. The minimum absolute atomic E-state index is 0.0148. The molecule has 0 bridgehead atoms. The van der Waals surface area contributed by atoms with Gasteiger partial charge in [0.25, 0.3) is 10.0 Å². The first-order valence-electron chi connectivity index (χ1n) is 6.11. The third-order valence-electron chi connectivity index (χ3n) is 3.04. The molecule has 9 heteroatoms. The van der Waals surface area contributed by atoms with Crippen molar-refractivity contribution in [3.63, 3.8) is 0 Å². The van der Waals surface area contributed by atoms with Gasteiger partial charge in [0, 0.05) is 23.8 Å². The minimum atomic E-state index is -3.82. The van der Waals surface area contributed by atoms with Crippen LogP contribution in [-0.4, -0.2) is 18.0 Å². The highest BCUT2D eigenvalue weighted by atomic mass is 79.9. The first kappa shape index (κ1) is 14.8. The SMILES string of the molecule is Cn1c(=O)oc2cc(S(=O)(=O)Nc3ccc(Br)cn3)ccc21. The Morgan fingerprint density at radius 2 is 2.05 bits per heavy atom. The van der Waals surface area contributed by atoms with Gasteiger partial charge in [-0.25, -0.2) is 18.2 Å². The van der Waals surface area contributed by atoms with Crippen molar-refractivity contribution in [3.05, 3.63) is 51.6 Å². The number of aromatic nitrogens is 2. The van der Waals surface area contributed by atoms with Gasteiger partial charge in [-0.05, 0) is 40.2 Å². The Bertz CT molecular complexity index is 1010. The lowest BCUT2D eigenvalue weighted by Crippen LogP contribution is -2.13. The molecule has 0 amide bonds. The molecule has 2 heterocycles. The Morgan fingerprint density at radius 1 is 1.27 bits per heavy atom. The van der Waals surface area contributed by atoms with Gasteiger partial charge in [-0.1, -0.05) is 0 Å². The first-order chi connectivity index (χ1) is 10.4. The summed E-state index contributed by atoms with van der Waals surface area (Å²) in [4.78, 5) is 15.4. The van der Waals surface area contributed by atoms with E-state index in [1.807, 2.05) is 0 Å². The van der Waals surface area contributed by atoms with Crippen LogP contribution in [0.1, 0.15) is 0 Å². The van der Waals surface area contributed by atoms with Gasteiger partial charge in [0.2, 0.25) is 0 Å². The Morgan fingerprint density at radius 3 is 2.73 bits per heavy atom. The van der Waals surface area contributed by atoms with E-state index in [0.29, 0.717) is 5.52 Å². The van der Waals surface area contributed by atoms with Crippen molar-refractivity contribution in [2.75, 3.05) is 4.72 Å². The van der Waals surface area contributed by atoms with Crippen LogP contribution in [0.15, 0.2) is 55.1 Å². The summed E-state index contributed by atoms with van der Waals surface area (Å²) in [6.45, 7) is 0. The van der Waals surface area contributed by atoms with Crippen molar-refractivity contribution < 1.29 is 12.8 Å². The first-order valence-corrected chi connectivity index (χ1v) is 8.38. The van der Waals surface area contributed by atoms with E-state index in [1.54, 1.807) is 13.1 Å². The molecule has 3 aromatic rings. The fourth-order valence-electron chi connectivity index (χ4n) is 1.91. The molecule has 0 atom stereocenters. The van der Waals surface area contributed by atoms with E-state index in [2.05, 4.69) is 25.6 Å². The molecular formula is C13H10BrN3O4S. The lowest BCUT2D eigenvalue weighted by Gasteiger charge is -2.07. The molecule has 3 rings (SSSR count). The highest BCUT2D eigenvalue weighted by Crippen LogP contribution is 2.20. The summed E-state index contributed by atoms with van der Waals surface area (Å²) in [5.41, 5.74) is 0.727. The number of hydrogen-bond donors (Lipinski definition) is 1. The Labute approximate surface area is 133 Å². The molecule has 7 nitrogen and oxygen atoms in total. The van der Waals surface area contributed by atoms with E-state index in [1.165, 1.54) is 35.0 Å². The number of anilines is 1. The number of oxazole rings is 1. The zero-order valence-corrected chi connectivity index (χ0v) is 13.7. The summed E-state index contributed by atoms with van der Waals surface area (Å²) < 4.78 is 34.1. The molecule has 0 aliphatic rings. The van der Waals surface area contributed by atoms with E-state index in [0.717, 1.165) is 4.47 Å².